The van der Waals surface area contributed by atoms with Gasteiger partial charge in [0.25, 0.3) is 0 Å². The van der Waals surface area contributed by atoms with Gasteiger partial charge in [0.05, 0.1) is 5.52 Å². The second-order valence-electron chi connectivity index (χ2n) is 5.93. The predicted octanol–water partition coefficient (Wildman–Crippen LogP) is 4.79. The van der Waals surface area contributed by atoms with Gasteiger partial charge in [-0.25, -0.2) is 4.79 Å². The van der Waals surface area contributed by atoms with Crippen LogP contribution in [-0.2, 0) is 0 Å². The highest BCUT2D eigenvalue weighted by molar-refractivity contribution is 5.97. The molecule has 6 nitrogen and oxygen atoms in total. The second-order valence-corrected chi connectivity index (χ2v) is 5.93. The summed E-state index contributed by atoms with van der Waals surface area (Å²) in [6.07, 6.45) is -4.34. The second kappa shape index (κ2) is 6.15. The SMILES string of the molecule is O=Cc1cc2cc(-n3c(C(=O)O)cc4ccc(OC(F)(F)F)cc43)ccc2o1. The molecule has 0 atom stereocenters. The molecule has 9 heteroatoms. The number of halogens is 3. The first-order chi connectivity index (χ1) is 13.2. The molecule has 0 saturated carbocycles. The minimum atomic E-state index is -4.87. The largest absolute Gasteiger partial charge is 0.573 e. The van der Waals surface area contributed by atoms with Crippen molar-refractivity contribution in [1.29, 1.82) is 0 Å². The molecule has 4 aromatic rings. The van der Waals surface area contributed by atoms with Crippen LogP contribution >= 0.6 is 0 Å². The van der Waals surface area contributed by atoms with Crippen molar-refractivity contribution in [2.75, 3.05) is 0 Å². The minimum Gasteiger partial charge on any atom is -0.477 e. The van der Waals surface area contributed by atoms with E-state index in [0.717, 1.165) is 12.1 Å². The first-order valence-corrected chi connectivity index (χ1v) is 7.89. The maximum atomic E-state index is 12.5. The summed E-state index contributed by atoms with van der Waals surface area (Å²) in [6, 6.07) is 11.1. The predicted molar refractivity (Wildman–Crippen MR) is 92.1 cm³/mol. The lowest BCUT2D eigenvalue weighted by Crippen LogP contribution is -2.17. The van der Waals surface area contributed by atoms with Gasteiger partial charge in [0.15, 0.2) is 12.0 Å². The molecule has 4 rings (SSSR count). The van der Waals surface area contributed by atoms with Crippen molar-refractivity contribution < 1.29 is 37.0 Å². The topological polar surface area (TPSA) is 81.7 Å². The summed E-state index contributed by atoms with van der Waals surface area (Å²) in [7, 11) is 0. The molecular weight excluding hydrogens is 379 g/mol. The number of aromatic carboxylic acids is 1. The molecule has 0 spiro atoms. The van der Waals surface area contributed by atoms with Crippen LogP contribution in [0, 0.1) is 0 Å². The van der Waals surface area contributed by atoms with Crippen LogP contribution in [0.3, 0.4) is 0 Å². The van der Waals surface area contributed by atoms with Crippen molar-refractivity contribution in [1.82, 2.24) is 4.57 Å². The third-order valence-corrected chi connectivity index (χ3v) is 4.12. The molecule has 2 heterocycles. The summed E-state index contributed by atoms with van der Waals surface area (Å²) in [5.41, 5.74) is 0.873. The number of aldehydes is 1. The average Bonchev–Trinajstić information content (AvgIpc) is 3.20. The van der Waals surface area contributed by atoms with Gasteiger partial charge in [-0.3, -0.25) is 4.79 Å². The van der Waals surface area contributed by atoms with Gasteiger partial charge in [-0.15, -0.1) is 13.2 Å². The Morgan fingerprint density at radius 1 is 1.07 bits per heavy atom. The maximum Gasteiger partial charge on any atom is 0.573 e. The Balaban J connectivity index is 1.95. The van der Waals surface area contributed by atoms with E-state index in [9.17, 15) is 27.9 Å². The van der Waals surface area contributed by atoms with E-state index in [1.165, 1.54) is 22.8 Å². The van der Waals surface area contributed by atoms with Crippen molar-refractivity contribution in [3.63, 3.8) is 0 Å². The summed E-state index contributed by atoms with van der Waals surface area (Å²) in [5, 5.41) is 10.5. The van der Waals surface area contributed by atoms with E-state index in [1.807, 2.05) is 0 Å². The van der Waals surface area contributed by atoms with Crippen LogP contribution in [0.15, 0.2) is 52.9 Å². The monoisotopic (exact) mass is 389 g/mol. The number of aromatic nitrogens is 1. The quantitative estimate of drug-likeness (QED) is 0.508. The van der Waals surface area contributed by atoms with E-state index in [4.69, 9.17) is 4.42 Å². The van der Waals surface area contributed by atoms with E-state index in [-0.39, 0.29) is 17.0 Å². The number of hydrogen-bond donors (Lipinski definition) is 1. The van der Waals surface area contributed by atoms with Gasteiger partial charge >= 0.3 is 12.3 Å². The smallest absolute Gasteiger partial charge is 0.477 e. The van der Waals surface area contributed by atoms with Gasteiger partial charge in [-0.1, -0.05) is 0 Å². The number of rotatable bonds is 4. The van der Waals surface area contributed by atoms with Crippen LogP contribution in [0.2, 0.25) is 0 Å². The summed E-state index contributed by atoms with van der Waals surface area (Å²) < 4.78 is 48.2. The lowest BCUT2D eigenvalue weighted by molar-refractivity contribution is -0.274. The normalized spacial score (nSPS) is 11.8. The highest BCUT2D eigenvalue weighted by Gasteiger charge is 2.31. The fraction of sp³-hybridized carbons (Fsp3) is 0.0526. The molecule has 28 heavy (non-hydrogen) atoms. The molecule has 0 unspecified atom stereocenters. The average molecular weight is 389 g/mol. The molecule has 0 bridgehead atoms. The number of ether oxygens (including phenoxy) is 1. The van der Waals surface area contributed by atoms with Gasteiger partial charge in [-0.05, 0) is 42.5 Å². The highest BCUT2D eigenvalue weighted by atomic mass is 19.4. The number of benzene rings is 2. The molecule has 0 amide bonds. The summed E-state index contributed by atoms with van der Waals surface area (Å²) in [6.45, 7) is 0. The van der Waals surface area contributed by atoms with Crippen molar-refractivity contribution in [2.24, 2.45) is 0 Å². The van der Waals surface area contributed by atoms with Crippen molar-refractivity contribution in [3.05, 3.63) is 60.0 Å². The molecular formula is C19H10F3NO5. The number of furan rings is 1. The zero-order chi connectivity index (χ0) is 20.1. The van der Waals surface area contributed by atoms with E-state index < -0.39 is 18.1 Å². The molecule has 0 aliphatic heterocycles. The summed E-state index contributed by atoms with van der Waals surface area (Å²) >= 11 is 0. The number of carbonyl (C=O) groups is 2. The van der Waals surface area contributed by atoms with Gasteiger partial charge in [0, 0.05) is 22.5 Å². The Morgan fingerprint density at radius 3 is 2.54 bits per heavy atom. The Kier molecular flexibility index (Phi) is 3.88. The summed E-state index contributed by atoms with van der Waals surface area (Å²) in [5.74, 6) is -1.62. The third kappa shape index (κ3) is 3.07. The number of alkyl halides is 3. The van der Waals surface area contributed by atoms with E-state index >= 15 is 0 Å². The zero-order valence-electron chi connectivity index (χ0n) is 13.9. The van der Waals surface area contributed by atoms with E-state index in [2.05, 4.69) is 4.74 Å². The van der Waals surface area contributed by atoms with Crippen LogP contribution in [0.1, 0.15) is 21.0 Å². The lowest BCUT2D eigenvalue weighted by atomic mass is 10.2. The number of nitrogens with zero attached hydrogens (tertiary/aromatic N) is 1. The number of carboxylic acid groups (broad SMARTS) is 1. The molecule has 0 aliphatic carbocycles. The number of carboxylic acids is 1. The van der Waals surface area contributed by atoms with E-state index in [1.54, 1.807) is 18.2 Å². The van der Waals surface area contributed by atoms with Crippen molar-refractivity contribution in [2.45, 2.75) is 6.36 Å². The molecule has 2 aromatic carbocycles. The van der Waals surface area contributed by atoms with E-state index in [0.29, 0.717) is 28.3 Å². The maximum absolute atomic E-state index is 12.5. The molecule has 0 radical (unpaired) electrons. The van der Waals surface area contributed by atoms with Gasteiger partial charge in [0.2, 0.25) is 0 Å². The Labute approximate surface area is 154 Å². The van der Waals surface area contributed by atoms with Crippen LogP contribution in [0.25, 0.3) is 27.6 Å². The third-order valence-electron chi connectivity index (χ3n) is 4.12. The fourth-order valence-electron chi connectivity index (χ4n) is 3.06. The molecule has 142 valence electrons. The molecule has 0 saturated heterocycles. The van der Waals surface area contributed by atoms with Crippen LogP contribution in [0.5, 0.6) is 5.75 Å². The standard InChI is InChI=1S/C19H10F3NO5/c20-19(21,22)28-13-3-1-10-7-16(18(25)26)23(15(10)8-13)12-2-4-17-11(5-12)6-14(9-24)27-17/h1-9H,(H,25,26). The molecule has 0 fully saturated rings. The molecule has 2 aromatic heterocycles. The highest BCUT2D eigenvalue weighted by Crippen LogP contribution is 2.32. The fourth-order valence-corrected chi connectivity index (χ4v) is 3.06. The Bertz CT molecular complexity index is 1240. The minimum absolute atomic E-state index is 0.101. The number of hydrogen-bond acceptors (Lipinski definition) is 4. The molecule has 0 aliphatic rings. The lowest BCUT2D eigenvalue weighted by Gasteiger charge is -2.11. The van der Waals surface area contributed by atoms with Gasteiger partial charge < -0.3 is 18.8 Å². The van der Waals surface area contributed by atoms with Crippen LogP contribution < -0.4 is 4.74 Å². The van der Waals surface area contributed by atoms with Crippen molar-refractivity contribution >= 4 is 34.1 Å². The van der Waals surface area contributed by atoms with Crippen LogP contribution in [0.4, 0.5) is 13.2 Å². The van der Waals surface area contributed by atoms with Gasteiger partial charge in [0.1, 0.15) is 17.0 Å². The Morgan fingerprint density at radius 2 is 1.86 bits per heavy atom. The molecule has 1 N–H and O–H groups in total. The van der Waals surface area contributed by atoms with Crippen LogP contribution in [-0.4, -0.2) is 28.3 Å². The zero-order valence-corrected chi connectivity index (χ0v) is 13.9. The first kappa shape index (κ1) is 17.7. The number of fused-ring (bicyclic) bond motifs is 2. The first-order valence-electron chi connectivity index (χ1n) is 7.89. The summed E-state index contributed by atoms with van der Waals surface area (Å²) in [4.78, 5) is 22.6. The number of carbonyl (C=O) groups excluding carboxylic acids is 1. The van der Waals surface area contributed by atoms with Gasteiger partial charge in [-0.2, -0.15) is 0 Å². The Hall–Kier alpha value is -3.75. The van der Waals surface area contributed by atoms with Crippen molar-refractivity contribution in [3.8, 4) is 11.4 Å².